The van der Waals surface area contributed by atoms with E-state index in [1.165, 1.54) is 22.3 Å². The van der Waals surface area contributed by atoms with E-state index in [1.54, 1.807) is 0 Å². The smallest absolute Gasteiger partial charge is 0.507 e. The highest BCUT2D eigenvalue weighted by Crippen LogP contribution is 2.58. The third-order valence-corrected chi connectivity index (χ3v) is 17.3. The molecule has 0 amide bonds. The number of phenols is 1. The summed E-state index contributed by atoms with van der Waals surface area (Å²) in [6.07, 6.45) is 4.24. The van der Waals surface area contributed by atoms with Crippen LogP contribution < -0.4 is 13.6 Å². The molecule has 1 N–H and O–H groups in total. The summed E-state index contributed by atoms with van der Waals surface area (Å²) in [7, 11) is -2.11. The highest BCUT2D eigenvalue weighted by atomic mass is 31.2. The molecule has 0 saturated heterocycles. The van der Waals surface area contributed by atoms with Crippen molar-refractivity contribution in [3.63, 3.8) is 0 Å². The number of hydrogen-bond acceptors (Lipinski definition) is 4. The van der Waals surface area contributed by atoms with Crippen LogP contribution in [0.5, 0.6) is 23.0 Å². The van der Waals surface area contributed by atoms with Crippen LogP contribution >= 0.6 is 8.60 Å². The van der Waals surface area contributed by atoms with Crippen molar-refractivity contribution in [1.29, 1.82) is 0 Å². The lowest BCUT2D eigenvalue weighted by molar-refractivity contribution is 0.358. The largest absolute Gasteiger partial charge is 0.530 e. The molecule has 1 aliphatic heterocycles. The molecule has 4 aromatic carbocycles. The molecule has 0 spiro atoms. The van der Waals surface area contributed by atoms with Crippen LogP contribution in [0.15, 0.2) is 48.5 Å². The molecule has 0 saturated carbocycles. The Morgan fingerprint density at radius 1 is 0.441 bits per heavy atom. The average molecular weight is 947 g/mol. The Hall–Kier alpha value is -3.49. The fourth-order valence-corrected chi connectivity index (χ4v) is 10.3. The maximum absolute atomic E-state index is 12.5. The molecule has 1 aliphatic rings. The van der Waals surface area contributed by atoms with Crippen LogP contribution in [0.25, 0.3) is 0 Å². The summed E-state index contributed by atoms with van der Waals surface area (Å²) in [5.74, 6) is 2.85. The molecule has 4 aromatic rings. The van der Waals surface area contributed by atoms with E-state index in [-0.39, 0.29) is 49.2 Å². The van der Waals surface area contributed by atoms with Crippen molar-refractivity contribution in [2.24, 2.45) is 0 Å². The van der Waals surface area contributed by atoms with Gasteiger partial charge in [0.2, 0.25) is 0 Å². The van der Waals surface area contributed by atoms with Crippen LogP contribution in [0.1, 0.15) is 271 Å². The number of benzene rings is 4. The van der Waals surface area contributed by atoms with Gasteiger partial charge >= 0.3 is 8.60 Å². The van der Waals surface area contributed by atoms with E-state index in [4.69, 9.17) is 13.6 Å². The zero-order valence-electron chi connectivity index (χ0n) is 47.9. The molecule has 0 unspecified atom stereocenters. The Kier molecular flexibility index (Phi) is 15.4. The van der Waals surface area contributed by atoms with Crippen molar-refractivity contribution < 1.29 is 18.7 Å². The first-order chi connectivity index (χ1) is 30.8. The summed E-state index contributed by atoms with van der Waals surface area (Å²) >= 11 is 0. The van der Waals surface area contributed by atoms with Crippen LogP contribution in [-0.4, -0.2) is 5.11 Å². The van der Waals surface area contributed by atoms with Gasteiger partial charge < -0.3 is 18.7 Å². The Bertz CT molecular complexity index is 2380. The molecule has 5 rings (SSSR count). The lowest BCUT2D eigenvalue weighted by atomic mass is 9.73. The van der Waals surface area contributed by atoms with Gasteiger partial charge in [0.25, 0.3) is 0 Å². The first-order valence-corrected chi connectivity index (χ1v) is 27.2. The van der Waals surface area contributed by atoms with E-state index in [0.29, 0.717) is 12.2 Å². The first kappa shape index (κ1) is 55.4. The second-order valence-electron chi connectivity index (χ2n) is 27.3. The molecular weight excluding hydrogens is 852 g/mol. The van der Waals surface area contributed by atoms with Crippen LogP contribution in [0.4, 0.5) is 0 Å². The molecule has 68 heavy (non-hydrogen) atoms. The van der Waals surface area contributed by atoms with E-state index in [2.05, 4.69) is 222 Å². The van der Waals surface area contributed by atoms with Crippen molar-refractivity contribution in [2.75, 3.05) is 0 Å². The molecule has 376 valence electrons. The minimum absolute atomic E-state index is 0.0335. The standard InChI is InChI=1S/C63H95O4P/c1-26-60(18,19)44-31-40(52(64)48(37-44)62(22,23)28-3)30-41-32-45(61(20,21)27-2)38-51(63(24,25)29-4)53(41)65-68-66-54-46(33-42(56(6,7)8)35-49(54)58(12,13)14)39(5)47-34-43(57(9,10)11)36-50(55(47)67-68)59(15,16)17/h31-39,64H,26-30H2,1-25H3. The van der Waals surface area contributed by atoms with E-state index in [1.807, 2.05) is 0 Å². The second-order valence-corrected chi connectivity index (χ2v) is 28.3. The van der Waals surface area contributed by atoms with E-state index in [0.717, 1.165) is 87.4 Å². The summed E-state index contributed by atoms with van der Waals surface area (Å²) in [6, 6.07) is 18.9. The fraction of sp³-hybridized carbons (Fsp3) is 0.619. The number of phenolic OH excluding ortho intramolecular Hbond substituents is 1. The molecule has 0 aliphatic carbocycles. The van der Waals surface area contributed by atoms with Crippen LogP contribution in [0, 0.1) is 0 Å². The normalized spacial score (nSPS) is 16.6. The van der Waals surface area contributed by atoms with Crippen molar-refractivity contribution in [1.82, 2.24) is 0 Å². The van der Waals surface area contributed by atoms with E-state index < -0.39 is 8.60 Å². The van der Waals surface area contributed by atoms with Crippen LogP contribution in [0.3, 0.4) is 0 Å². The molecule has 1 heterocycles. The molecule has 0 bridgehead atoms. The van der Waals surface area contributed by atoms with Crippen molar-refractivity contribution in [3.8, 4) is 23.0 Å². The summed E-state index contributed by atoms with van der Waals surface area (Å²) in [4.78, 5) is 0. The maximum Gasteiger partial charge on any atom is 0.530 e. The van der Waals surface area contributed by atoms with Crippen molar-refractivity contribution in [2.45, 2.75) is 254 Å². The molecular formula is C63H95O4P. The number of fused-ring (bicyclic) bond motifs is 2. The first-order valence-electron chi connectivity index (χ1n) is 26.1. The van der Waals surface area contributed by atoms with Gasteiger partial charge in [-0.05, 0) is 102 Å². The van der Waals surface area contributed by atoms with E-state index >= 15 is 0 Å². The average Bonchev–Trinajstić information content (AvgIpc) is 3.22. The third kappa shape index (κ3) is 11.3. The monoisotopic (exact) mass is 947 g/mol. The summed E-state index contributed by atoms with van der Waals surface area (Å²) in [5, 5.41) is 12.5. The van der Waals surface area contributed by atoms with Gasteiger partial charge in [0.1, 0.15) is 23.0 Å². The predicted molar refractivity (Wildman–Crippen MR) is 295 cm³/mol. The summed E-state index contributed by atoms with van der Waals surface area (Å²) in [5.41, 5.74) is 12.4. The molecule has 0 radical (unpaired) electrons. The Morgan fingerprint density at radius 2 is 0.794 bits per heavy atom. The topological polar surface area (TPSA) is 47.9 Å². The van der Waals surface area contributed by atoms with Crippen molar-refractivity contribution in [3.05, 3.63) is 115 Å². The van der Waals surface area contributed by atoms with Gasteiger partial charge in [0, 0.05) is 45.7 Å². The second kappa shape index (κ2) is 18.9. The van der Waals surface area contributed by atoms with Gasteiger partial charge in [-0.3, -0.25) is 0 Å². The Morgan fingerprint density at radius 3 is 1.16 bits per heavy atom. The zero-order chi connectivity index (χ0) is 51.7. The third-order valence-electron chi connectivity index (χ3n) is 16.3. The fourth-order valence-electron chi connectivity index (χ4n) is 9.13. The summed E-state index contributed by atoms with van der Waals surface area (Å²) < 4.78 is 22.8. The van der Waals surface area contributed by atoms with Gasteiger partial charge in [-0.25, -0.2) is 0 Å². The molecule has 5 heteroatoms. The number of aromatic hydroxyl groups is 1. The number of rotatable bonds is 12. The minimum atomic E-state index is -2.11. The minimum Gasteiger partial charge on any atom is -0.507 e. The van der Waals surface area contributed by atoms with Gasteiger partial charge in [-0.15, -0.1) is 0 Å². The quantitative estimate of drug-likeness (QED) is 0.144. The lowest BCUT2D eigenvalue weighted by Crippen LogP contribution is -2.25. The predicted octanol–water partition coefficient (Wildman–Crippen LogP) is 19.2. The molecule has 0 atom stereocenters. The lowest BCUT2D eigenvalue weighted by Gasteiger charge is -2.37. The van der Waals surface area contributed by atoms with Crippen molar-refractivity contribution >= 4 is 8.60 Å². The van der Waals surface area contributed by atoms with Gasteiger partial charge in [0.15, 0.2) is 0 Å². The van der Waals surface area contributed by atoms with E-state index in [9.17, 15) is 5.11 Å². The van der Waals surface area contributed by atoms with Crippen LogP contribution in [-0.2, 0) is 49.7 Å². The highest BCUT2D eigenvalue weighted by molar-refractivity contribution is 7.43. The summed E-state index contributed by atoms with van der Waals surface area (Å²) in [6.45, 7) is 57.5. The molecule has 0 fully saturated rings. The molecule has 0 aromatic heterocycles. The SMILES string of the molecule is CCC(C)(C)c1cc(Cc2cc(C(C)(C)CC)cc(C(C)(C)CC)c2OP2Oc3c(cc(C(C)(C)C)cc3C(C)(C)C)C(C)c3cc(C(C)(C)C)cc(C(C)(C)C)c3O2)c(O)c(C(C)(C)CC)c1. The van der Waals surface area contributed by atoms with Crippen LogP contribution in [0.2, 0.25) is 0 Å². The Balaban J connectivity index is 1.96. The Labute approximate surface area is 418 Å². The molecule has 4 nitrogen and oxygen atoms in total. The number of hydrogen-bond donors (Lipinski definition) is 1. The zero-order valence-corrected chi connectivity index (χ0v) is 48.7. The highest BCUT2D eigenvalue weighted by Gasteiger charge is 2.40. The van der Waals surface area contributed by atoms with Gasteiger partial charge in [-0.1, -0.05) is 222 Å². The van der Waals surface area contributed by atoms with Gasteiger partial charge in [0.05, 0.1) is 0 Å². The maximum atomic E-state index is 12.5. The van der Waals surface area contributed by atoms with Gasteiger partial charge in [-0.2, -0.15) is 0 Å².